The molecule has 9 nitrogen and oxygen atoms in total. The molecule has 3 aromatic rings. The van der Waals surface area contributed by atoms with Gasteiger partial charge in [0.25, 0.3) is 11.8 Å². The van der Waals surface area contributed by atoms with Gasteiger partial charge in [-0.15, -0.1) is 0 Å². The molecule has 3 N–H and O–H groups in total. The summed E-state index contributed by atoms with van der Waals surface area (Å²) in [4.78, 5) is 40.2. The molecule has 1 heterocycles. The molecule has 1 aromatic heterocycles. The Morgan fingerprint density at radius 2 is 1.67 bits per heavy atom. The number of hydrazine groups is 1. The SMILES string of the molecule is COc1ccc(C(=O)NNC(=O)COC(=O)c2ccc3[nH]c4c(c3c2)CCCC4)cc1OC. The van der Waals surface area contributed by atoms with Crippen molar-refractivity contribution >= 4 is 28.7 Å². The summed E-state index contributed by atoms with van der Waals surface area (Å²) in [5, 5.41) is 1.02. The maximum atomic E-state index is 12.4. The van der Waals surface area contributed by atoms with Crippen molar-refractivity contribution in [3.05, 3.63) is 58.8 Å². The third kappa shape index (κ3) is 4.77. The lowest BCUT2D eigenvalue weighted by Crippen LogP contribution is -2.43. The molecule has 0 spiro atoms. The van der Waals surface area contributed by atoms with Crippen LogP contribution in [-0.4, -0.2) is 43.6 Å². The van der Waals surface area contributed by atoms with Gasteiger partial charge in [0.1, 0.15) is 0 Å². The second kappa shape index (κ2) is 9.64. The Balaban J connectivity index is 1.31. The number of amides is 2. The predicted molar refractivity (Wildman–Crippen MR) is 120 cm³/mol. The van der Waals surface area contributed by atoms with Gasteiger partial charge in [0.2, 0.25) is 0 Å². The molecule has 2 aromatic carbocycles. The molecule has 0 atom stereocenters. The second-order valence-corrected chi connectivity index (χ2v) is 7.70. The molecule has 1 aliphatic rings. The molecule has 0 fully saturated rings. The number of esters is 1. The highest BCUT2D eigenvalue weighted by atomic mass is 16.5. The van der Waals surface area contributed by atoms with Gasteiger partial charge in [0, 0.05) is 22.2 Å². The molecule has 0 saturated carbocycles. The van der Waals surface area contributed by atoms with Crippen molar-refractivity contribution in [3.63, 3.8) is 0 Å². The molecule has 2 amide bonds. The largest absolute Gasteiger partial charge is 0.493 e. The summed E-state index contributed by atoms with van der Waals surface area (Å²) in [7, 11) is 2.95. The van der Waals surface area contributed by atoms with Gasteiger partial charge in [0.05, 0.1) is 19.8 Å². The maximum absolute atomic E-state index is 12.4. The fraction of sp³-hybridized carbons (Fsp3) is 0.292. The molecule has 9 heteroatoms. The van der Waals surface area contributed by atoms with E-state index in [2.05, 4.69) is 15.8 Å². The lowest BCUT2D eigenvalue weighted by molar-refractivity contribution is -0.125. The van der Waals surface area contributed by atoms with Crippen molar-refractivity contribution in [2.45, 2.75) is 25.7 Å². The van der Waals surface area contributed by atoms with E-state index in [0.717, 1.165) is 36.6 Å². The Kier molecular flexibility index (Phi) is 6.48. The van der Waals surface area contributed by atoms with E-state index in [4.69, 9.17) is 14.2 Å². The highest BCUT2D eigenvalue weighted by molar-refractivity contribution is 5.98. The zero-order chi connectivity index (χ0) is 23.4. The fourth-order valence-electron chi connectivity index (χ4n) is 3.96. The van der Waals surface area contributed by atoms with Crippen LogP contribution in [0, 0.1) is 0 Å². The monoisotopic (exact) mass is 451 g/mol. The van der Waals surface area contributed by atoms with Crippen LogP contribution < -0.4 is 20.3 Å². The molecule has 0 unspecified atom stereocenters. The van der Waals surface area contributed by atoms with Crippen molar-refractivity contribution in [1.82, 2.24) is 15.8 Å². The number of carbonyl (C=O) groups excluding carboxylic acids is 3. The van der Waals surface area contributed by atoms with Crippen molar-refractivity contribution in [2.24, 2.45) is 0 Å². The van der Waals surface area contributed by atoms with Crippen LogP contribution in [0.5, 0.6) is 11.5 Å². The summed E-state index contributed by atoms with van der Waals surface area (Å²) in [6, 6.07) is 9.91. The van der Waals surface area contributed by atoms with Gasteiger partial charge in [-0.25, -0.2) is 4.79 Å². The summed E-state index contributed by atoms with van der Waals surface area (Å²) in [5.74, 6) is -0.978. The molecule has 0 radical (unpaired) electrons. The third-order valence-electron chi connectivity index (χ3n) is 5.63. The Bertz CT molecular complexity index is 1220. The topological polar surface area (TPSA) is 119 Å². The van der Waals surface area contributed by atoms with Gasteiger partial charge in [0.15, 0.2) is 18.1 Å². The Labute approximate surface area is 190 Å². The number of aromatic amines is 1. The normalized spacial score (nSPS) is 12.5. The number of rotatable bonds is 6. The smallest absolute Gasteiger partial charge is 0.338 e. The molecule has 0 aliphatic heterocycles. The van der Waals surface area contributed by atoms with E-state index in [-0.39, 0.29) is 5.56 Å². The molecule has 0 saturated heterocycles. The molecule has 1 aliphatic carbocycles. The number of H-pyrrole nitrogens is 1. The first-order chi connectivity index (χ1) is 16.0. The molecule has 4 rings (SSSR count). The van der Waals surface area contributed by atoms with Crippen LogP contribution in [0.3, 0.4) is 0 Å². The molecular weight excluding hydrogens is 426 g/mol. The van der Waals surface area contributed by atoms with E-state index >= 15 is 0 Å². The minimum absolute atomic E-state index is 0.257. The first-order valence-corrected chi connectivity index (χ1v) is 10.6. The lowest BCUT2D eigenvalue weighted by atomic mass is 9.95. The van der Waals surface area contributed by atoms with E-state index in [0.29, 0.717) is 17.1 Å². The number of hydrogen-bond acceptors (Lipinski definition) is 6. The van der Waals surface area contributed by atoms with Crippen LogP contribution in [0.15, 0.2) is 36.4 Å². The molecule has 33 heavy (non-hydrogen) atoms. The number of aryl methyl sites for hydroxylation is 2. The highest BCUT2D eigenvalue weighted by Gasteiger charge is 2.18. The number of ether oxygens (including phenoxy) is 3. The van der Waals surface area contributed by atoms with Crippen LogP contribution in [0.2, 0.25) is 0 Å². The van der Waals surface area contributed by atoms with Crippen LogP contribution in [0.25, 0.3) is 10.9 Å². The van der Waals surface area contributed by atoms with Gasteiger partial charge >= 0.3 is 5.97 Å². The summed E-state index contributed by atoms with van der Waals surface area (Å²) in [5.41, 5.74) is 8.61. The number of aromatic nitrogens is 1. The van der Waals surface area contributed by atoms with E-state index in [1.165, 1.54) is 37.6 Å². The molecular formula is C24H25N3O6. The number of fused-ring (bicyclic) bond motifs is 3. The summed E-state index contributed by atoms with van der Waals surface area (Å²) < 4.78 is 15.4. The summed E-state index contributed by atoms with van der Waals surface area (Å²) >= 11 is 0. The van der Waals surface area contributed by atoms with Gasteiger partial charge in [-0.05, 0) is 67.6 Å². The minimum Gasteiger partial charge on any atom is -0.493 e. The van der Waals surface area contributed by atoms with Crippen molar-refractivity contribution < 1.29 is 28.6 Å². The van der Waals surface area contributed by atoms with E-state index in [1.807, 2.05) is 6.07 Å². The average molecular weight is 451 g/mol. The molecule has 172 valence electrons. The van der Waals surface area contributed by atoms with Crippen molar-refractivity contribution in [3.8, 4) is 11.5 Å². The number of benzene rings is 2. The zero-order valence-electron chi connectivity index (χ0n) is 18.4. The summed E-state index contributed by atoms with van der Waals surface area (Å²) in [6.45, 7) is -0.533. The average Bonchev–Trinajstić information content (AvgIpc) is 3.23. The van der Waals surface area contributed by atoms with Crippen LogP contribution >= 0.6 is 0 Å². The van der Waals surface area contributed by atoms with Crippen LogP contribution in [-0.2, 0) is 22.4 Å². The quantitative estimate of drug-likeness (QED) is 0.392. The van der Waals surface area contributed by atoms with Crippen LogP contribution in [0.1, 0.15) is 44.8 Å². The first kappa shape index (κ1) is 22.2. The summed E-state index contributed by atoms with van der Waals surface area (Å²) in [6.07, 6.45) is 4.28. The Hall–Kier alpha value is -4.01. The number of carbonyl (C=O) groups is 3. The number of nitrogens with one attached hydrogen (secondary N) is 3. The predicted octanol–water partition coefficient (Wildman–Crippen LogP) is 2.68. The van der Waals surface area contributed by atoms with E-state index in [1.54, 1.807) is 18.2 Å². The number of hydrogen-bond donors (Lipinski definition) is 3. The molecule has 0 bridgehead atoms. The number of methoxy groups -OCH3 is 2. The van der Waals surface area contributed by atoms with Crippen LogP contribution in [0.4, 0.5) is 0 Å². The standard InChI is InChI=1S/C24H25N3O6/c1-31-20-10-8-14(12-21(20)32-2)23(29)27-26-22(28)13-33-24(30)15-7-9-19-17(11-15)16-5-3-4-6-18(16)25-19/h7-12,25H,3-6,13H2,1-2H3,(H,26,28)(H,27,29). The third-order valence-corrected chi connectivity index (χ3v) is 5.63. The van der Waals surface area contributed by atoms with E-state index in [9.17, 15) is 14.4 Å². The second-order valence-electron chi connectivity index (χ2n) is 7.70. The Morgan fingerprint density at radius 3 is 2.45 bits per heavy atom. The Morgan fingerprint density at radius 1 is 0.909 bits per heavy atom. The van der Waals surface area contributed by atoms with Gasteiger partial charge < -0.3 is 19.2 Å². The van der Waals surface area contributed by atoms with E-state index < -0.39 is 24.4 Å². The maximum Gasteiger partial charge on any atom is 0.338 e. The van der Waals surface area contributed by atoms with Crippen molar-refractivity contribution in [2.75, 3.05) is 20.8 Å². The van der Waals surface area contributed by atoms with Crippen molar-refractivity contribution in [1.29, 1.82) is 0 Å². The van der Waals surface area contributed by atoms with Gasteiger partial charge in [-0.3, -0.25) is 20.4 Å². The first-order valence-electron chi connectivity index (χ1n) is 10.6. The zero-order valence-corrected chi connectivity index (χ0v) is 18.4. The van der Waals surface area contributed by atoms with Gasteiger partial charge in [-0.2, -0.15) is 0 Å². The lowest BCUT2D eigenvalue weighted by Gasteiger charge is -2.11. The minimum atomic E-state index is -0.669. The van der Waals surface area contributed by atoms with Gasteiger partial charge in [-0.1, -0.05) is 0 Å². The highest BCUT2D eigenvalue weighted by Crippen LogP contribution is 2.30. The fourth-order valence-corrected chi connectivity index (χ4v) is 3.96.